The molecule has 2 aliphatic heterocycles. The minimum atomic E-state index is -0.100. The number of ether oxygens (including phenoxy) is 2. The number of aromatic nitrogens is 4. The van der Waals surface area contributed by atoms with Gasteiger partial charge in [0.25, 0.3) is 5.56 Å². The summed E-state index contributed by atoms with van der Waals surface area (Å²) >= 11 is 3.50. The smallest absolute Gasteiger partial charge is 0.263 e. The molecule has 0 amide bonds. The van der Waals surface area contributed by atoms with Crippen LogP contribution >= 0.6 is 15.9 Å². The maximum Gasteiger partial charge on any atom is 0.263 e. The Kier molecular flexibility index (Phi) is 3.98. The summed E-state index contributed by atoms with van der Waals surface area (Å²) in [6, 6.07) is 11.5. The van der Waals surface area contributed by atoms with Crippen molar-refractivity contribution >= 4 is 38.6 Å². The van der Waals surface area contributed by atoms with Gasteiger partial charge >= 0.3 is 0 Å². The zero-order valence-electron chi connectivity index (χ0n) is 16.0. The number of nitrogens with zero attached hydrogens (tertiary/aromatic N) is 5. The van der Waals surface area contributed by atoms with Crippen LogP contribution in [0.1, 0.15) is 18.4 Å². The molecule has 0 unspecified atom stereocenters. The Morgan fingerprint density at radius 2 is 1.83 bits per heavy atom. The van der Waals surface area contributed by atoms with Gasteiger partial charge in [0.2, 0.25) is 18.5 Å². The lowest BCUT2D eigenvalue weighted by atomic mass is 10.2. The molecule has 0 bridgehead atoms. The summed E-state index contributed by atoms with van der Waals surface area (Å²) in [5.74, 6) is 2.74. The molecule has 152 valence electrons. The molecule has 1 saturated heterocycles. The van der Waals surface area contributed by atoms with Crippen molar-refractivity contribution in [1.29, 1.82) is 0 Å². The molecule has 0 atom stereocenters. The SMILES string of the molecule is O=c1c2cc(Br)ccc2n2c(N3CCCC3)nnc2n1Cc1ccc2c(c1)OCO2. The molecule has 2 aliphatic rings. The monoisotopic (exact) mass is 467 g/mol. The van der Waals surface area contributed by atoms with E-state index >= 15 is 0 Å². The van der Waals surface area contributed by atoms with E-state index in [4.69, 9.17) is 9.47 Å². The van der Waals surface area contributed by atoms with E-state index in [-0.39, 0.29) is 12.4 Å². The van der Waals surface area contributed by atoms with E-state index in [1.54, 1.807) is 4.57 Å². The molecule has 9 heteroatoms. The lowest BCUT2D eigenvalue weighted by Crippen LogP contribution is -2.26. The predicted octanol–water partition coefficient (Wildman–Crippen LogP) is 3.18. The van der Waals surface area contributed by atoms with Gasteiger partial charge in [-0.05, 0) is 48.7 Å². The van der Waals surface area contributed by atoms with Crippen molar-refractivity contribution in [3.05, 3.63) is 56.8 Å². The maximum absolute atomic E-state index is 13.5. The fraction of sp³-hybridized carbons (Fsp3) is 0.286. The number of anilines is 1. The van der Waals surface area contributed by atoms with Gasteiger partial charge in [0.05, 0.1) is 17.4 Å². The van der Waals surface area contributed by atoms with E-state index in [0.717, 1.165) is 53.2 Å². The topological polar surface area (TPSA) is 73.9 Å². The van der Waals surface area contributed by atoms with Crippen LogP contribution in [0.2, 0.25) is 0 Å². The van der Waals surface area contributed by atoms with Crippen molar-refractivity contribution in [2.24, 2.45) is 0 Å². The molecule has 0 spiro atoms. The molecule has 0 aliphatic carbocycles. The molecule has 30 heavy (non-hydrogen) atoms. The van der Waals surface area contributed by atoms with E-state index < -0.39 is 0 Å². The summed E-state index contributed by atoms with van der Waals surface area (Å²) < 4.78 is 15.4. The minimum absolute atomic E-state index is 0.100. The highest BCUT2D eigenvalue weighted by Crippen LogP contribution is 2.33. The Labute approximate surface area is 179 Å². The zero-order chi connectivity index (χ0) is 20.2. The second-order valence-corrected chi connectivity index (χ2v) is 8.49. The van der Waals surface area contributed by atoms with Gasteiger partial charge in [-0.15, -0.1) is 10.2 Å². The first kappa shape index (κ1) is 17.8. The summed E-state index contributed by atoms with van der Waals surface area (Å²) in [5, 5.41) is 9.53. The number of hydrogen-bond donors (Lipinski definition) is 0. The summed E-state index contributed by atoms with van der Waals surface area (Å²) in [6.07, 6.45) is 2.27. The normalized spacial score (nSPS) is 15.6. The molecule has 2 aromatic heterocycles. The molecule has 0 radical (unpaired) electrons. The lowest BCUT2D eigenvalue weighted by Gasteiger charge is -2.17. The minimum Gasteiger partial charge on any atom is -0.454 e. The van der Waals surface area contributed by atoms with Crippen LogP contribution in [0.25, 0.3) is 16.7 Å². The maximum atomic E-state index is 13.5. The Morgan fingerprint density at radius 3 is 2.70 bits per heavy atom. The molecule has 4 heterocycles. The van der Waals surface area contributed by atoms with Crippen molar-refractivity contribution in [3.63, 3.8) is 0 Å². The highest BCUT2D eigenvalue weighted by Gasteiger charge is 2.23. The molecule has 1 fully saturated rings. The average molecular weight is 468 g/mol. The predicted molar refractivity (Wildman–Crippen MR) is 116 cm³/mol. The second kappa shape index (κ2) is 6.73. The zero-order valence-corrected chi connectivity index (χ0v) is 17.6. The van der Waals surface area contributed by atoms with Crippen LogP contribution in [-0.4, -0.2) is 39.0 Å². The van der Waals surface area contributed by atoms with Crippen LogP contribution in [0.3, 0.4) is 0 Å². The third-order valence-corrected chi connectivity index (χ3v) is 6.21. The van der Waals surface area contributed by atoms with Gasteiger partial charge in [-0.2, -0.15) is 0 Å². The van der Waals surface area contributed by atoms with Crippen molar-refractivity contribution in [2.45, 2.75) is 19.4 Å². The number of halogens is 1. The number of rotatable bonds is 3. The first-order chi connectivity index (χ1) is 14.7. The van der Waals surface area contributed by atoms with Gasteiger partial charge in [-0.25, -0.2) is 4.40 Å². The summed E-state index contributed by atoms with van der Waals surface area (Å²) in [7, 11) is 0. The van der Waals surface area contributed by atoms with Crippen LogP contribution in [0.15, 0.2) is 45.7 Å². The van der Waals surface area contributed by atoms with E-state index in [1.165, 1.54) is 0 Å². The fourth-order valence-electron chi connectivity index (χ4n) is 4.26. The van der Waals surface area contributed by atoms with Gasteiger partial charge in [0.15, 0.2) is 11.5 Å². The van der Waals surface area contributed by atoms with E-state index in [1.807, 2.05) is 40.8 Å². The summed E-state index contributed by atoms with van der Waals surface area (Å²) in [6.45, 7) is 2.47. The highest BCUT2D eigenvalue weighted by atomic mass is 79.9. The lowest BCUT2D eigenvalue weighted by molar-refractivity contribution is 0.174. The van der Waals surface area contributed by atoms with Crippen LogP contribution in [-0.2, 0) is 6.54 Å². The van der Waals surface area contributed by atoms with E-state index in [2.05, 4.69) is 31.0 Å². The Bertz CT molecular complexity index is 1360. The quantitative estimate of drug-likeness (QED) is 0.460. The summed E-state index contributed by atoms with van der Waals surface area (Å²) in [5.41, 5.74) is 1.65. The number of benzene rings is 2. The molecule has 8 nitrogen and oxygen atoms in total. The molecule has 0 saturated carbocycles. The second-order valence-electron chi connectivity index (χ2n) is 7.57. The van der Waals surface area contributed by atoms with Crippen molar-refractivity contribution in [2.75, 3.05) is 24.8 Å². The first-order valence-electron chi connectivity index (χ1n) is 9.90. The van der Waals surface area contributed by atoms with E-state index in [0.29, 0.717) is 23.5 Å². The van der Waals surface area contributed by atoms with Gasteiger partial charge in [-0.3, -0.25) is 9.36 Å². The molecule has 6 rings (SSSR count). The van der Waals surface area contributed by atoms with Gasteiger partial charge in [0, 0.05) is 17.6 Å². The fourth-order valence-corrected chi connectivity index (χ4v) is 4.62. The third-order valence-electron chi connectivity index (χ3n) is 5.71. The first-order valence-corrected chi connectivity index (χ1v) is 10.7. The average Bonchev–Trinajstić information content (AvgIpc) is 3.50. The van der Waals surface area contributed by atoms with Crippen LogP contribution < -0.4 is 19.9 Å². The molecular weight excluding hydrogens is 450 g/mol. The molecule has 4 aromatic rings. The third kappa shape index (κ3) is 2.68. The number of fused-ring (bicyclic) bond motifs is 4. The molecule has 2 aromatic carbocycles. The van der Waals surface area contributed by atoms with Crippen LogP contribution in [0, 0.1) is 0 Å². The van der Waals surface area contributed by atoms with Crippen molar-refractivity contribution < 1.29 is 9.47 Å². The largest absolute Gasteiger partial charge is 0.454 e. The van der Waals surface area contributed by atoms with E-state index in [9.17, 15) is 4.79 Å². The van der Waals surface area contributed by atoms with Crippen LogP contribution in [0.4, 0.5) is 5.95 Å². The van der Waals surface area contributed by atoms with Gasteiger partial charge in [0.1, 0.15) is 0 Å². The standard InChI is InChI=1S/C21H18BrN5O3/c22-14-4-5-16-15(10-14)19(28)26(11-13-3-6-17-18(9-13)30-12-29-17)21-24-23-20(27(16)21)25-7-1-2-8-25/h3-6,9-10H,1-2,7-8,11-12H2. The molecule has 0 N–H and O–H groups in total. The summed E-state index contributed by atoms with van der Waals surface area (Å²) in [4.78, 5) is 15.7. The van der Waals surface area contributed by atoms with Crippen molar-refractivity contribution in [3.8, 4) is 11.5 Å². The Morgan fingerprint density at radius 1 is 1.00 bits per heavy atom. The Balaban J connectivity index is 1.58. The van der Waals surface area contributed by atoms with Gasteiger partial charge < -0.3 is 14.4 Å². The van der Waals surface area contributed by atoms with Crippen LogP contribution in [0.5, 0.6) is 11.5 Å². The van der Waals surface area contributed by atoms with Gasteiger partial charge in [-0.1, -0.05) is 22.0 Å². The highest BCUT2D eigenvalue weighted by molar-refractivity contribution is 9.10. The number of hydrogen-bond acceptors (Lipinski definition) is 6. The molecular formula is C21H18BrN5O3. The van der Waals surface area contributed by atoms with Crippen molar-refractivity contribution in [1.82, 2.24) is 19.2 Å². The Hall–Kier alpha value is -3.07.